The summed E-state index contributed by atoms with van der Waals surface area (Å²) in [6.07, 6.45) is 5.53. The smallest absolute Gasteiger partial charge is 0.0727 e. The number of benzene rings is 8. The van der Waals surface area contributed by atoms with Crippen LogP contribution in [-0.2, 0) is 24.7 Å². The molecule has 2 aliphatic rings. The molecule has 0 amide bonds. The fraction of sp³-hybridized carbons (Fsp3) is 0.158. The van der Waals surface area contributed by atoms with Crippen molar-refractivity contribution in [3.8, 4) is 22.3 Å². The van der Waals surface area contributed by atoms with Gasteiger partial charge in [-0.25, -0.2) is 0 Å². The van der Waals surface area contributed by atoms with Crippen LogP contribution in [0.4, 0.5) is 34.1 Å². The van der Waals surface area contributed by atoms with Crippen LogP contribution in [0.15, 0.2) is 188 Å². The molecule has 0 saturated heterocycles. The fourth-order valence-corrected chi connectivity index (χ4v) is 9.82. The van der Waals surface area contributed by atoms with E-state index in [4.69, 9.17) is 0 Å². The van der Waals surface area contributed by atoms with E-state index in [9.17, 15) is 0 Å². The lowest BCUT2D eigenvalue weighted by molar-refractivity contribution is 0.793. The van der Waals surface area contributed by atoms with Crippen molar-refractivity contribution in [2.45, 2.75) is 58.3 Å². The van der Waals surface area contributed by atoms with E-state index in [0.29, 0.717) is 0 Å². The first-order chi connectivity index (χ1) is 29.1. The van der Waals surface area contributed by atoms with Gasteiger partial charge in [0.15, 0.2) is 0 Å². The van der Waals surface area contributed by atoms with Crippen LogP contribution >= 0.6 is 0 Å². The third-order valence-electron chi connectivity index (χ3n) is 12.8. The van der Waals surface area contributed by atoms with Gasteiger partial charge in [0.05, 0.1) is 5.41 Å². The number of anilines is 6. The number of hydrogen-bond donors (Lipinski definition) is 0. The minimum absolute atomic E-state index is 0.514. The Morgan fingerprint density at radius 1 is 0.339 bits per heavy atom. The Morgan fingerprint density at radius 2 is 0.712 bits per heavy atom. The molecule has 0 bridgehead atoms. The second-order valence-electron chi connectivity index (χ2n) is 16.1. The molecule has 2 nitrogen and oxygen atoms in total. The van der Waals surface area contributed by atoms with Gasteiger partial charge in [-0.3, -0.25) is 0 Å². The van der Waals surface area contributed by atoms with Gasteiger partial charge in [-0.2, -0.15) is 0 Å². The second-order valence-corrected chi connectivity index (χ2v) is 16.1. The number of rotatable bonds is 11. The maximum Gasteiger partial charge on any atom is 0.0727 e. The minimum atomic E-state index is -0.514. The minimum Gasteiger partial charge on any atom is -0.310 e. The Balaban J connectivity index is 1.21. The molecule has 0 heterocycles. The van der Waals surface area contributed by atoms with Crippen LogP contribution in [0, 0.1) is 0 Å². The molecule has 0 fully saturated rings. The van der Waals surface area contributed by atoms with Crippen molar-refractivity contribution in [1.82, 2.24) is 0 Å². The number of hydrogen-bond acceptors (Lipinski definition) is 2. The van der Waals surface area contributed by atoms with Crippen molar-refractivity contribution in [2.75, 3.05) is 9.80 Å². The number of para-hydroxylation sites is 1. The third kappa shape index (κ3) is 6.09. The van der Waals surface area contributed by atoms with Crippen LogP contribution < -0.4 is 9.80 Å². The zero-order valence-corrected chi connectivity index (χ0v) is 34.3. The van der Waals surface area contributed by atoms with E-state index in [1.807, 2.05) is 0 Å². The first-order valence-electron chi connectivity index (χ1n) is 21.5. The number of aryl methyl sites for hydroxylation is 3. The first kappa shape index (κ1) is 36.7. The van der Waals surface area contributed by atoms with Crippen LogP contribution in [0.25, 0.3) is 22.3 Å². The molecule has 0 atom stereocenters. The van der Waals surface area contributed by atoms with Crippen LogP contribution in [0.2, 0.25) is 0 Å². The topological polar surface area (TPSA) is 6.48 Å². The Kier molecular flexibility index (Phi) is 9.49. The zero-order chi connectivity index (χ0) is 39.9. The van der Waals surface area contributed by atoms with Crippen molar-refractivity contribution in [2.24, 2.45) is 0 Å². The van der Waals surface area contributed by atoms with Gasteiger partial charge < -0.3 is 9.80 Å². The van der Waals surface area contributed by atoms with Gasteiger partial charge in [-0.05, 0) is 160 Å². The van der Waals surface area contributed by atoms with Crippen molar-refractivity contribution >= 4 is 34.1 Å². The largest absolute Gasteiger partial charge is 0.310 e. The number of fused-ring (bicyclic) bond motifs is 10. The van der Waals surface area contributed by atoms with Gasteiger partial charge in [0.1, 0.15) is 0 Å². The Bertz CT molecular complexity index is 2720. The van der Waals surface area contributed by atoms with E-state index in [-0.39, 0.29) is 0 Å². The van der Waals surface area contributed by atoms with Crippen molar-refractivity contribution in [1.29, 1.82) is 0 Å². The summed E-state index contributed by atoms with van der Waals surface area (Å²) in [5.74, 6) is 0. The molecule has 59 heavy (non-hydrogen) atoms. The summed E-state index contributed by atoms with van der Waals surface area (Å²) in [6, 6.07) is 71.0. The highest BCUT2D eigenvalue weighted by molar-refractivity contribution is 5.97. The Labute approximate surface area is 350 Å². The first-order valence-corrected chi connectivity index (χ1v) is 21.5. The summed E-state index contributed by atoms with van der Waals surface area (Å²) in [7, 11) is 0. The van der Waals surface area contributed by atoms with Crippen molar-refractivity contribution < 1.29 is 0 Å². The van der Waals surface area contributed by atoms with Crippen LogP contribution in [-0.4, -0.2) is 0 Å². The lowest BCUT2D eigenvalue weighted by atomic mass is 9.70. The van der Waals surface area contributed by atoms with Crippen LogP contribution in [0.5, 0.6) is 0 Å². The lowest BCUT2D eigenvalue weighted by Gasteiger charge is -2.33. The lowest BCUT2D eigenvalue weighted by Crippen LogP contribution is -2.26. The highest BCUT2D eigenvalue weighted by Gasteiger charge is 2.52. The molecule has 8 aromatic rings. The average Bonchev–Trinajstić information content (AvgIpc) is 3.76. The molecule has 0 saturated carbocycles. The molecule has 2 aliphatic carbocycles. The molecule has 1 spiro atoms. The summed E-state index contributed by atoms with van der Waals surface area (Å²) in [6.45, 7) is 6.71. The summed E-state index contributed by atoms with van der Waals surface area (Å²) in [4.78, 5) is 4.87. The molecule has 8 aromatic carbocycles. The molecule has 0 unspecified atom stereocenters. The van der Waals surface area contributed by atoms with Crippen molar-refractivity contribution in [3.63, 3.8) is 0 Å². The molecular weight excluding hydrogens is 713 g/mol. The molecular formula is C57H50N2. The monoisotopic (exact) mass is 762 g/mol. The standard InChI is InChI=1S/C57H50N2/c1-4-7-15-42-26-32-46(33-27-42)59(45-30-24-41(6-3)25-31-45)48-35-37-52-51-36-34-47(58(43-16-9-8-10-17-43)44-28-22-40(5-2)23-29-44)38-55(51)57(56(52)39-48)53-20-13-11-18-49(53)50-19-12-14-21-54(50)57/h8-14,16-39H,4-7,15H2,1-3H3. The quantitative estimate of drug-likeness (QED) is 0.129. The van der Waals surface area contributed by atoms with E-state index >= 15 is 0 Å². The summed E-state index contributed by atoms with van der Waals surface area (Å²) >= 11 is 0. The third-order valence-corrected chi connectivity index (χ3v) is 12.8. The molecule has 288 valence electrons. The fourth-order valence-electron chi connectivity index (χ4n) is 9.82. The second kappa shape index (κ2) is 15.3. The van der Waals surface area contributed by atoms with Crippen LogP contribution in [0.1, 0.15) is 72.6 Å². The maximum absolute atomic E-state index is 2.51. The van der Waals surface area contributed by atoms with E-state index < -0.39 is 5.41 Å². The molecule has 0 aromatic heterocycles. The maximum atomic E-state index is 2.51. The van der Waals surface area contributed by atoms with Gasteiger partial charge in [0.25, 0.3) is 0 Å². The summed E-state index contributed by atoms with van der Waals surface area (Å²) in [5.41, 5.74) is 21.0. The van der Waals surface area contributed by atoms with Gasteiger partial charge in [-0.15, -0.1) is 0 Å². The van der Waals surface area contributed by atoms with Crippen molar-refractivity contribution in [3.05, 3.63) is 227 Å². The van der Waals surface area contributed by atoms with Gasteiger partial charge in [-0.1, -0.05) is 142 Å². The van der Waals surface area contributed by atoms with E-state index in [0.717, 1.165) is 47.7 Å². The predicted octanol–water partition coefficient (Wildman–Crippen LogP) is 15.4. The molecule has 0 N–H and O–H groups in total. The highest BCUT2D eigenvalue weighted by atomic mass is 15.1. The summed E-state index contributed by atoms with van der Waals surface area (Å²) in [5, 5.41) is 0. The molecule has 0 aliphatic heterocycles. The Morgan fingerprint density at radius 3 is 1.15 bits per heavy atom. The van der Waals surface area contributed by atoms with E-state index in [1.54, 1.807) is 0 Å². The predicted molar refractivity (Wildman–Crippen MR) is 249 cm³/mol. The Hall–Kier alpha value is -6.64. The molecule has 0 radical (unpaired) electrons. The van der Waals surface area contributed by atoms with Crippen LogP contribution in [0.3, 0.4) is 0 Å². The van der Waals surface area contributed by atoms with Gasteiger partial charge in [0, 0.05) is 34.1 Å². The highest BCUT2D eigenvalue weighted by Crippen LogP contribution is 2.64. The molecule has 10 rings (SSSR count). The van der Waals surface area contributed by atoms with Gasteiger partial charge in [0.2, 0.25) is 0 Å². The zero-order valence-electron chi connectivity index (χ0n) is 34.3. The average molecular weight is 763 g/mol. The molecule has 2 heteroatoms. The van der Waals surface area contributed by atoms with E-state index in [1.165, 1.54) is 79.7 Å². The van der Waals surface area contributed by atoms with E-state index in [2.05, 4.69) is 219 Å². The van der Waals surface area contributed by atoms with Gasteiger partial charge >= 0.3 is 0 Å². The summed E-state index contributed by atoms with van der Waals surface area (Å²) < 4.78 is 0. The number of unbranched alkanes of at least 4 members (excludes halogenated alkanes) is 1. The normalized spacial score (nSPS) is 12.8. The SMILES string of the molecule is CCCCc1ccc(N(c2ccc(CC)cc2)c2ccc3c(c2)C2(c4ccccc4-c4ccccc42)c2cc(N(c4ccccc4)c4ccc(CC)cc4)ccc2-3)cc1. The number of nitrogens with zero attached hydrogens (tertiary/aromatic N) is 2.